The van der Waals surface area contributed by atoms with Crippen LogP contribution in [0.25, 0.3) is 0 Å². The fourth-order valence-corrected chi connectivity index (χ4v) is 2.89. The highest BCUT2D eigenvalue weighted by atomic mass is 19.4. The lowest BCUT2D eigenvalue weighted by atomic mass is 9.92. The summed E-state index contributed by atoms with van der Waals surface area (Å²) >= 11 is 0. The number of Topliss-reactive ketones (excluding diaryl/α,β-unsaturated/α-hetero) is 1. The molecule has 0 fully saturated rings. The summed E-state index contributed by atoms with van der Waals surface area (Å²) in [5, 5.41) is 0. The molecule has 0 spiro atoms. The molecule has 2 nitrogen and oxygen atoms in total. The Bertz CT molecular complexity index is 500. The fraction of sp³-hybridized carbons (Fsp3) is 0.643. The maximum atomic E-state index is 13.1. The van der Waals surface area contributed by atoms with Gasteiger partial charge in [-0.2, -0.15) is 13.2 Å². The van der Waals surface area contributed by atoms with Gasteiger partial charge >= 0.3 is 6.18 Å². The number of halogens is 3. The first-order valence-corrected chi connectivity index (χ1v) is 6.51. The van der Waals surface area contributed by atoms with E-state index in [0.29, 0.717) is 30.8 Å². The van der Waals surface area contributed by atoms with Crippen LogP contribution in [0.1, 0.15) is 50.1 Å². The van der Waals surface area contributed by atoms with Crippen LogP contribution >= 0.6 is 0 Å². The van der Waals surface area contributed by atoms with E-state index in [0.717, 1.165) is 0 Å². The number of carbonyl (C=O) groups is 1. The van der Waals surface area contributed by atoms with Gasteiger partial charge in [-0.05, 0) is 31.7 Å². The molecule has 0 amide bonds. The van der Waals surface area contributed by atoms with Gasteiger partial charge in [0.2, 0.25) is 0 Å². The third kappa shape index (κ3) is 2.55. The van der Waals surface area contributed by atoms with E-state index in [1.54, 1.807) is 18.4 Å². The normalized spacial score (nSPS) is 19.6. The largest absolute Gasteiger partial charge is 0.418 e. The van der Waals surface area contributed by atoms with Crippen molar-refractivity contribution in [1.29, 1.82) is 0 Å². The summed E-state index contributed by atoms with van der Waals surface area (Å²) in [6.45, 7) is 5.56. The second kappa shape index (κ2) is 4.69. The lowest BCUT2D eigenvalue weighted by Crippen LogP contribution is -2.25. The molecule has 1 atom stereocenters. The van der Waals surface area contributed by atoms with Gasteiger partial charge in [-0.25, -0.2) is 0 Å². The number of rotatable bonds is 2. The molecule has 1 aromatic rings. The molecule has 19 heavy (non-hydrogen) atoms. The van der Waals surface area contributed by atoms with Gasteiger partial charge in [0, 0.05) is 23.9 Å². The van der Waals surface area contributed by atoms with Crippen LogP contribution < -0.4 is 0 Å². The Morgan fingerprint density at radius 1 is 1.42 bits per heavy atom. The van der Waals surface area contributed by atoms with Crippen LogP contribution in [0.5, 0.6) is 0 Å². The van der Waals surface area contributed by atoms with E-state index in [1.807, 2.05) is 0 Å². The average Bonchev–Trinajstić information content (AvgIpc) is 2.66. The Balaban J connectivity index is 2.48. The number of fused-ring (bicyclic) bond motifs is 1. The highest BCUT2D eigenvalue weighted by molar-refractivity contribution is 5.78. The molecule has 0 saturated carbocycles. The van der Waals surface area contributed by atoms with Crippen molar-refractivity contribution in [3.63, 3.8) is 0 Å². The molecular weight excluding hydrogens is 255 g/mol. The first-order valence-electron chi connectivity index (χ1n) is 6.51. The number of hydrogen-bond donors (Lipinski definition) is 0. The van der Waals surface area contributed by atoms with Crippen molar-refractivity contribution < 1.29 is 18.0 Å². The number of carbonyl (C=O) groups excluding carboxylic acids is 1. The van der Waals surface area contributed by atoms with Crippen molar-refractivity contribution >= 4 is 5.78 Å². The number of alkyl halides is 3. The predicted octanol–water partition coefficient (Wildman–Crippen LogP) is 3.78. The molecule has 0 radical (unpaired) electrons. The van der Waals surface area contributed by atoms with Crippen LogP contribution in [0.15, 0.2) is 6.07 Å². The van der Waals surface area contributed by atoms with Crippen LogP contribution in [-0.2, 0) is 23.9 Å². The maximum absolute atomic E-state index is 13.1. The number of nitrogens with zero attached hydrogens (tertiary/aromatic N) is 1. The first kappa shape index (κ1) is 14.2. The van der Waals surface area contributed by atoms with E-state index in [-0.39, 0.29) is 17.6 Å². The van der Waals surface area contributed by atoms with E-state index in [4.69, 9.17) is 0 Å². The van der Waals surface area contributed by atoms with E-state index >= 15 is 0 Å². The Morgan fingerprint density at radius 3 is 2.53 bits per heavy atom. The van der Waals surface area contributed by atoms with Gasteiger partial charge in [0.25, 0.3) is 0 Å². The Labute approximate surface area is 110 Å². The zero-order chi connectivity index (χ0) is 14.4. The highest BCUT2D eigenvalue weighted by Crippen LogP contribution is 2.39. The minimum atomic E-state index is -4.32. The molecule has 2 heterocycles. The molecule has 1 aliphatic heterocycles. The average molecular weight is 273 g/mol. The molecule has 1 unspecified atom stereocenters. The quantitative estimate of drug-likeness (QED) is 0.803. The summed E-state index contributed by atoms with van der Waals surface area (Å²) in [4.78, 5) is 11.4. The fourth-order valence-electron chi connectivity index (χ4n) is 2.89. The summed E-state index contributed by atoms with van der Waals surface area (Å²) in [7, 11) is 0. The van der Waals surface area contributed by atoms with Crippen molar-refractivity contribution in [2.24, 2.45) is 5.92 Å². The second-order valence-electron chi connectivity index (χ2n) is 5.54. The predicted molar refractivity (Wildman–Crippen MR) is 66.0 cm³/mol. The molecule has 1 aromatic heterocycles. The molecule has 2 rings (SSSR count). The number of hydrogen-bond acceptors (Lipinski definition) is 1. The van der Waals surface area contributed by atoms with Crippen molar-refractivity contribution in [2.45, 2.75) is 52.3 Å². The van der Waals surface area contributed by atoms with Crippen molar-refractivity contribution in [3.05, 3.63) is 23.0 Å². The highest BCUT2D eigenvalue weighted by Gasteiger charge is 2.38. The molecular formula is C14H18F3NO. The molecule has 0 saturated heterocycles. The standard InChI is InChI=1S/C14H18F3NO/c1-8(2)13-12(14(15,16)17)7-11-6-10(9(3)19)4-5-18(11)13/h7-8,10H,4-6H2,1-3H3. The van der Waals surface area contributed by atoms with Gasteiger partial charge in [-0.3, -0.25) is 4.79 Å². The molecule has 0 bridgehead atoms. The van der Waals surface area contributed by atoms with Crippen LogP contribution in [-0.4, -0.2) is 10.4 Å². The smallest absolute Gasteiger partial charge is 0.348 e. The number of ketones is 1. The topological polar surface area (TPSA) is 22.0 Å². The third-order valence-electron chi connectivity index (χ3n) is 3.81. The summed E-state index contributed by atoms with van der Waals surface area (Å²) in [5.74, 6) is -0.255. The molecule has 0 N–H and O–H groups in total. The summed E-state index contributed by atoms with van der Waals surface area (Å²) in [6.07, 6.45) is -3.27. The molecule has 106 valence electrons. The summed E-state index contributed by atoms with van der Waals surface area (Å²) < 4.78 is 41.0. The second-order valence-corrected chi connectivity index (χ2v) is 5.54. The lowest BCUT2D eigenvalue weighted by molar-refractivity contribution is -0.138. The van der Waals surface area contributed by atoms with Crippen LogP contribution in [0.3, 0.4) is 0 Å². The van der Waals surface area contributed by atoms with Crippen molar-refractivity contribution in [2.75, 3.05) is 0 Å². The van der Waals surface area contributed by atoms with Gasteiger partial charge in [0.05, 0.1) is 5.56 Å². The summed E-state index contributed by atoms with van der Waals surface area (Å²) in [6, 6.07) is 1.23. The third-order valence-corrected chi connectivity index (χ3v) is 3.81. The van der Waals surface area contributed by atoms with Gasteiger partial charge in [-0.1, -0.05) is 13.8 Å². The van der Waals surface area contributed by atoms with Gasteiger partial charge in [0.15, 0.2) is 0 Å². The van der Waals surface area contributed by atoms with E-state index in [1.165, 1.54) is 13.0 Å². The van der Waals surface area contributed by atoms with Crippen LogP contribution in [0.4, 0.5) is 13.2 Å². The van der Waals surface area contributed by atoms with Gasteiger partial charge < -0.3 is 4.57 Å². The Morgan fingerprint density at radius 2 is 2.05 bits per heavy atom. The first-order chi connectivity index (χ1) is 8.71. The van der Waals surface area contributed by atoms with Crippen molar-refractivity contribution in [3.8, 4) is 0 Å². The molecule has 1 aliphatic rings. The van der Waals surface area contributed by atoms with Gasteiger partial charge in [-0.15, -0.1) is 0 Å². The molecule has 0 aromatic carbocycles. The van der Waals surface area contributed by atoms with Gasteiger partial charge in [0.1, 0.15) is 5.78 Å². The van der Waals surface area contributed by atoms with E-state index in [2.05, 4.69) is 0 Å². The number of aromatic nitrogens is 1. The molecule has 5 heteroatoms. The van der Waals surface area contributed by atoms with E-state index in [9.17, 15) is 18.0 Å². The summed E-state index contributed by atoms with van der Waals surface area (Å²) in [5.41, 5.74) is 0.452. The maximum Gasteiger partial charge on any atom is 0.418 e. The monoisotopic (exact) mass is 273 g/mol. The zero-order valence-corrected chi connectivity index (χ0v) is 11.3. The van der Waals surface area contributed by atoms with Crippen LogP contribution in [0.2, 0.25) is 0 Å². The SMILES string of the molecule is CC(=O)C1CCn2c(cc(C(F)(F)F)c2C(C)C)C1. The lowest BCUT2D eigenvalue weighted by Gasteiger charge is -2.25. The Kier molecular flexibility index (Phi) is 3.49. The molecule has 0 aliphatic carbocycles. The minimum absolute atomic E-state index is 0.0621. The van der Waals surface area contributed by atoms with Crippen LogP contribution in [0, 0.1) is 5.92 Å². The minimum Gasteiger partial charge on any atom is -0.348 e. The zero-order valence-electron chi connectivity index (χ0n) is 11.3. The van der Waals surface area contributed by atoms with E-state index < -0.39 is 11.7 Å². The Hall–Kier alpha value is -1.26. The van der Waals surface area contributed by atoms with Crippen molar-refractivity contribution in [1.82, 2.24) is 4.57 Å².